The summed E-state index contributed by atoms with van der Waals surface area (Å²) in [6.07, 6.45) is 5.24. The van der Waals surface area contributed by atoms with Crippen molar-refractivity contribution >= 4 is 27.9 Å². The third-order valence-electron chi connectivity index (χ3n) is 3.32. The van der Waals surface area contributed by atoms with E-state index in [1.165, 1.54) is 0 Å². The number of aromatic amines is 1. The second-order valence-corrected chi connectivity index (χ2v) is 4.54. The molecule has 4 aromatic rings. The Balaban J connectivity index is 2.07. The van der Waals surface area contributed by atoms with E-state index in [9.17, 15) is 0 Å². The van der Waals surface area contributed by atoms with Crippen LogP contribution in [0.1, 0.15) is 0 Å². The molecule has 3 N–H and O–H groups in total. The molecule has 0 fully saturated rings. The highest BCUT2D eigenvalue weighted by molar-refractivity contribution is 5.93. The number of aromatic nitrogens is 6. The fourth-order valence-electron chi connectivity index (χ4n) is 2.32. The quantitative estimate of drug-likeness (QED) is 0.543. The molecule has 0 aliphatic carbocycles. The largest absolute Gasteiger partial charge is 0.383 e. The van der Waals surface area contributed by atoms with Crippen LogP contribution in [-0.4, -0.2) is 29.7 Å². The summed E-state index contributed by atoms with van der Waals surface area (Å²) in [6.45, 7) is 0. The average Bonchev–Trinajstić information content (AvgIpc) is 3.06. The summed E-state index contributed by atoms with van der Waals surface area (Å²) < 4.78 is 1.69. The Morgan fingerprint density at radius 3 is 3.00 bits per heavy atom. The number of nitrogens with one attached hydrogen (secondary N) is 1. The first-order valence-corrected chi connectivity index (χ1v) is 6.12. The third-order valence-corrected chi connectivity index (χ3v) is 3.32. The molecule has 4 heterocycles. The number of H-pyrrole nitrogens is 1. The van der Waals surface area contributed by atoms with E-state index >= 15 is 0 Å². The van der Waals surface area contributed by atoms with E-state index in [-0.39, 0.29) is 0 Å². The van der Waals surface area contributed by atoms with E-state index in [2.05, 4.69) is 25.0 Å². The summed E-state index contributed by atoms with van der Waals surface area (Å²) in [5.41, 5.74) is 8.41. The maximum Gasteiger partial charge on any atom is 0.164 e. The van der Waals surface area contributed by atoms with Crippen LogP contribution in [0.3, 0.4) is 0 Å². The Bertz CT molecular complexity index is 934. The number of rotatable bonds is 1. The lowest BCUT2D eigenvalue weighted by molar-refractivity contribution is 0.786. The predicted octanol–water partition coefficient (Wildman–Crippen LogP) is 1.49. The van der Waals surface area contributed by atoms with Gasteiger partial charge in [0.1, 0.15) is 11.5 Å². The van der Waals surface area contributed by atoms with Gasteiger partial charge in [-0.05, 0) is 12.1 Å². The van der Waals surface area contributed by atoms with Crippen molar-refractivity contribution in [3.8, 4) is 11.4 Å². The van der Waals surface area contributed by atoms with Crippen LogP contribution in [0, 0.1) is 0 Å². The van der Waals surface area contributed by atoms with Crippen molar-refractivity contribution in [2.75, 3.05) is 5.73 Å². The molecule has 7 heteroatoms. The molecule has 0 saturated heterocycles. The summed E-state index contributed by atoms with van der Waals surface area (Å²) in [5.74, 6) is 1.00. The van der Waals surface area contributed by atoms with E-state index in [1.54, 1.807) is 17.1 Å². The molecule has 0 aromatic carbocycles. The molecule has 4 aromatic heterocycles. The predicted molar refractivity (Wildman–Crippen MR) is 75.8 cm³/mol. The SMILES string of the molecule is Cn1ncc2c(N)nc(-c3ccnc4[nH]ccc34)nc21. The summed E-state index contributed by atoms with van der Waals surface area (Å²) >= 11 is 0. The number of pyridine rings is 1. The third kappa shape index (κ3) is 1.40. The number of nitrogens with two attached hydrogens (primary N) is 1. The van der Waals surface area contributed by atoms with Crippen LogP contribution in [0.25, 0.3) is 33.5 Å². The zero-order valence-corrected chi connectivity index (χ0v) is 10.7. The minimum absolute atomic E-state index is 0.429. The standard InChI is InChI=1S/C13H11N7/c1-20-13-9(6-17-20)10(14)18-12(19-13)8-3-5-16-11-7(8)2-4-15-11/h2-6H,1H3,(H,15,16)(H2,14,18,19). The Hall–Kier alpha value is -2.96. The van der Waals surface area contributed by atoms with Crippen molar-refractivity contribution in [1.29, 1.82) is 0 Å². The van der Waals surface area contributed by atoms with Crippen LogP contribution in [0.5, 0.6) is 0 Å². The van der Waals surface area contributed by atoms with Gasteiger partial charge >= 0.3 is 0 Å². The van der Waals surface area contributed by atoms with Crippen molar-refractivity contribution in [2.45, 2.75) is 0 Å². The van der Waals surface area contributed by atoms with Crippen molar-refractivity contribution in [2.24, 2.45) is 7.05 Å². The molecule has 0 unspecified atom stereocenters. The van der Waals surface area contributed by atoms with Crippen LogP contribution in [0.15, 0.2) is 30.7 Å². The highest BCUT2D eigenvalue weighted by Crippen LogP contribution is 2.27. The summed E-state index contributed by atoms with van der Waals surface area (Å²) in [4.78, 5) is 16.3. The lowest BCUT2D eigenvalue weighted by Crippen LogP contribution is -2.00. The van der Waals surface area contributed by atoms with Crippen LogP contribution >= 0.6 is 0 Å². The lowest BCUT2D eigenvalue weighted by Gasteiger charge is -2.04. The van der Waals surface area contributed by atoms with Crippen LogP contribution in [0.2, 0.25) is 0 Å². The van der Waals surface area contributed by atoms with E-state index in [1.807, 2.05) is 25.4 Å². The van der Waals surface area contributed by atoms with E-state index in [0.717, 1.165) is 22.0 Å². The van der Waals surface area contributed by atoms with Gasteiger partial charge in [-0.3, -0.25) is 4.68 Å². The zero-order valence-electron chi connectivity index (χ0n) is 10.7. The van der Waals surface area contributed by atoms with Crippen molar-refractivity contribution in [3.63, 3.8) is 0 Å². The molecule has 7 nitrogen and oxygen atoms in total. The molecule has 0 radical (unpaired) electrons. The average molecular weight is 265 g/mol. The van der Waals surface area contributed by atoms with E-state index < -0.39 is 0 Å². The van der Waals surface area contributed by atoms with E-state index in [4.69, 9.17) is 5.73 Å². The fraction of sp³-hybridized carbons (Fsp3) is 0.0769. The molecule has 98 valence electrons. The van der Waals surface area contributed by atoms with Gasteiger partial charge in [0.15, 0.2) is 11.5 Å². The normalized spacial score (nSPS) is 11.4. The topological polar surface area (TPSA) is 98.3 Å². The number of aryl methyl sites for hydroxylation is 1. The van der Waals surface area contributed by atoms with E-state index in [0.29, 0.717) is 17.3 Å². The van der Waals surface area contributed by atoms with Gasteiger partial charge in [-0.25, -0.2) is 15.0 Å². The fourth-order valence-corrected chi connectivity index (χ4v) is 2.32. The highest BCUT2D eigenvalue weighted by Gasteiger charge is 2.13. The van der Waals surface area contributed by atoms with Crippen molar-refractivity contribution < 1.29 is 0 Å². The summed E-state index contributed by atoms with van der Waals surface area (Å²) in [7, 11) is 1.83. The Morgan fingerprint density at radius 2 is 2.10 bits per heavy atom. The minimum Gasteiger partial charge on any atom is -0.383 e. The van der Waals surface area contributed by atoms with Crippen LogP contribution in [0.4, 0.5) is 5.82 Å². The number of hydrogen-bond acceptors (Lipinski definition) is 5. The molecule has 0 saturated carbocycles. The van der Waals surface area contributed by atoms with Gasteiger partial charge < -0.3 is 10.7 Å². The molecule has 0 atom stereocenters. The van der Waals surface area contributed by atoms with Gasteiger partial charge in [-0.1, -0.05) is 0 Å². The molecule has 0 aliphatic heterocycles. The molecule has 0 spiro atoms. The van der Waals surface area contributed by atoms with Crippen LogP contribution < -0.4 is 5.73 Å². The van der Waals surface area contributed by atoms with Gasteiger partial charge in [-0.2, -0.15) is 5.10 Å². The van der Waals surface area contributed by atoms with Gasteiger partial charge in [0.05, 0.1) is 11.6 Å². The first-order chi connectivity index (χ1) is 9.74. The number of nitrogen functional groups attached to an aromatic ring is 1. The summed E-state index contributed by atoms with van der Waals surface area (Å²) in [5, 5.41) is 5.89. The van der Waals surface area contributed by atoms with Gasteiger partial charge in [0, 0.05) is 30.4 Å². The monoisotopic (exact) mass is 265 g/mol. The Morgan fingerprint density at radius 1 is 1.20 bits per heavy atom. The molecule has 4 rings (SSSR count). The molecular formula is C13H11N7. The minimum atomic E-state index is 0.429. The van der Waals surface area contributed by atoms with Gasteiger partial charge in [-0.15, -0.1) is 0 Å². The Kier molecular flexibility index (Phi) is 2.06. The maximum atomic E-state index is 6.00. The maximum absolute atomic E-state index is 6.00. The first kappa shape index (κ1) is 10.9. The smallest absolute Gasteiger partial charge is 0.164 e. The highest BCUT2D eigenvalue weighted by atomic mass is 15.3. The number of hydrogen-bond donors (Lipinski definition) is 2. The zero-order chi connectivity index (χ0) is 13.7. The molecule has 0 aliphatic rings. The molecular weight excluding hydrogens is 254 g/mol. The summed E-state index contributed by atoms with van der Waals surface area (Å²) in [6, 6.07) is 3.83. The van der Waals surface area contributed by atoms with Crippen molar-refractivity contribution in [1.82, 2.24) is 29.7 Å². The number of nitrogens with zero attached hydrogens (tertiary/aromatic N) is 5. The number of anilines is 1. The number of fused-ring (bicyclic) bond motifs is 2. The Labute approximate surface area is 113 Å². The van der Waals surface area contributed by atoms with Gasteiger partial charge in [0.25, 0.3) is 0 Å². The lowest BCUT2D eigenvalue weighted by atomic mass is 10.1. The van der Waals surface area contributed by atoms with Crippen LogP contribution in [-0.2, 0) is 7.05 Å². The molecule has 0 bridgehead atoms. The first-order valence-electron chi connectivity index (χ1n) is 6.12. The van der Waals surface area contributed by atoms with Crippen molar-refractivity contribution in [3.05, 3.63) is 30.7 Å². The molecule has 20 heavy (non-hydrogen) atoms. The van der Waals surface area contributed by atoms with Gasteiger partial charge in [0.2, 0.25) is 0 Å². The second kappa shape index (κ2) is 3.77. The molecule has 0 amide bonds. The second-order valence-electron chi connectivity index (χ2n) is 4.54.